The molecule has 0 unspecified atom stereocenters. The highest BCUT2D eigenvalue weighted by Gasteiger charge is 2.32. The van der Waals surface area contributed by atoms with Crippen molar-refractivity contribution in [2.45, 2.75) is 39.0 Å². The molecule has 1 amide bonds. The van der Waals surface area contributed by atoms with Crippen LogP contribution in [-0.4, -0.2) is 70.0 Å². The molecule has 0 spiro atoms. The average Bonchev–Trinajstić information content (AvgIpc) is 3.39. The van der Waals surface area contributed by atoms with Crippen LogP contribution in [0.1, 0.15) is 36.2 Å². The van der Waals surface area contributed by atoms with Crippen LogP contribution in [0, 0.1) is 5.92 Å². The van der Waals surface area contributed by atoms with Gasteiger partial charge in [0.25, 0.3) is 5.91 Å². The Bertz CT molecular complexity index is 1200. The van der Waals surface area contributed by atoms with E-state index >= 15 is 0 Å². The van der Waals surface area contributed by atoms with Gasteiger partial charge in [-0.2, -0.15) is 0 Å². The molecule has 1 N–H and O–H groups in total. The number of hydrogen-bond donors (Lipinski definition) is 1. The number of nitrogens with one attached hydrogen (secondary N) is 1. The Labute approximate surface area is 226 Å². The summed E-state index contributed by atoms with van der Waals surface area (Å²) in [6.07, 6.45) is 0.789. The SMILES string of the molecule is COCCCOc1cc(C(=O)N(C[C@@H]2CNC[C@@H]2OCc2ccc3ccccc3c2)C(C)C)ccc1OC. The monoisotopic (exact) mass is 520 g/mol. The molecule has 7 heteroatoms. The van der Waals surface area contributed by atoms with E-state index in [0.717, 1.165) is 25.1 Å². The summed E-state index contributed by atoms with van der Waals surface area (Å²) in [4.78, 5) is 15.6. The Kier molecular flexibility index (Phi) is 9.98. The third-order valence-corrected chi connectivity index (χ3v) is 7.03. The number of methoxy groups -OCH3 is 2. The summed E-state index contributed by atoms with van der Waals surface area (Å²) in [5.74, 6) is 1.35. The lowest BCUT2D eigenvalue weighted by atomic mass is 10.0. The zero-order valence-electron chi connectivity index (χ0n) is 22.9. The van der Waals surface area contributed by atoms with Gasteiger partial charge in [-0.25, -0.2) is 0 Å². The summed E-state index contributed by atoms with van der Waals surface area (Å²) in [5, 5.41) is 5.90. The molecule has 204 valence electrons. The van der Waals surface area contributed by atoms with Crippen LogP contribution in [0.5, 0.6) is 11.5 Å². The Morgan fingerprint density at radius 2 is 1.79 bits per heavy atom. The lowest BCUT2D eigenvalue weighted by molar-refractivity contribution is 0.0129. The second-order valence-electron chi connectivity index (χ2n) is 10.1. The van der Waals surface area contributed by atoms with E-state index in [0.29, 0.717) is 43.4 Å². The topological polar surface area (TPSA) is 69.3 Å². The number of benzene rings is 3. The van der Waals surface area contributed by atoms with Gasteiger partial charge < -0.3 is 29.2 Å². The molecule has 1 heterocycles. The number of amides is 1. The maximum atomic E-state index is 13.7. The van der Waals surface area contributed by atoms with Crippen LogP contribution >= 0.6 is 0 Å². The molecule has 2 atom stereocenters. The van der Waals surface area contributed by atoms with Crippen molar-refractivity contribution in [1.82, 2.24) is 10.2 Å². The van der Waals surface area contributed by atoms with Gasteiger partial charge in [0.05, 0.1) is 26.4 Å². The van der Waals surface area contributed by atoms with Crippen molar-refractivity contribution in [3.8, 4) is 11.5 Å². The first kappa shape index (κ1) is 27.9. The van der Waals surface area contributed by atoms with Crippen LogP contribution in [0.25, 0.3) is 10.8 Å². The average molecular weight is 521 g/mol. The fourth-order valence-corrected chi connectivity index (χ4v) is 4.87. The molecule has 1 saturated heterocycles. The van der Waals surface area contributed by atoms with Crippen molar-refractivity contribution in [3.05, 3.63) is 71.8 Å². The Hall–Kier alpha value is -3.13. The van der Waals surface area contributed by atoms with Gasteiger partial charge in [0, 0.05) is 57.3 Å². The minimum absolute atomic E-state index is 0.0235. The molecule has 0 bridgehead atoms. The van der Waals surface area contributed by atoms with Crippen LogP contribution in [0.2, 0.25) is 0 Å². The second kappa shape index (κ2) is 13.6. The largest absolute Gasteiger partial charge is 0.493 e. The number of carbonyl (C=O) groups is 1. The molecule has 0 aliphatic carbocycles. The fourth-order valence-electron chi connectivity index (χ4n) is 4.87. The normalized spacial score (nSPS) is 17.2. The Morgan fingerprint density at radius 1 is 0.974 bits per heavy atom. The highest BCUT2D eigenvalue weighted by Crippen LogP contribution is 2.29. The molecule has 38 heavy (non-hydrogen) atoms. The van der Waals surface area contributed by atoms with Crippen LogP contribution in [0.15, 0.2) is 60.7 Å². The van der Waals surface area contributed by atoms with Gasteiger partial charge in [-0.15, -0.1) is 0 Å². The van der Waals surface area contributed by atoms with E-state index in [-0.39, 0.29) is 24.0 Å². The van der Waals surface area contributed by atoms with E-state index in [1.54, 1.807) is 32.4 Å². The molecular weight excluding hydrogens is 480 g/mol. The van der Waals surface area contributed by atoms with Crippen molar-refractivity contribution in [2.24, 2.45) is 5.92 Å². The van der Waals surface area contributed by atoms with Gasteiger partial charge >= 0.3 is 0 Å². The standard InChI is InChI=1S/C31H40N2O5/c1-22(2)33(31(34)26-12-13-28(36-4)29(17-26)37-15-7-14-35-3)20-27-18-32-19-30(27)38-21-23-10-11-24-8-5-6-9-25(24)16-23/h5-6,8-13,16-17,22,27,30,32H,7,14-15,18-21H2,1-4H3/t27-,30-/m0/s1. The number of nitrogens with zero attached hydrogens (tertiary/aromatic N) is 1. The highest BCUT2D eigenvalue weighted by atomic mass is 16.5. The van der Waals surface area contributed by atoms with Crippen molar-refractivity contribution >= 4 is 16.7 Å². The first-order chi connectivity index (χ1) is 18.5. The van der Waals surface area contributed by atoms with E-state index in [9.17, 15) is 4.79 Å². The summed E-state index contributed by atoms with van der Waals surface area (Å²) in [7, 11) is 3.27. The van der Waals surface area contributed by atoms with Gasteiger partial charge in [-0.1, -0.05) is 36.4 Å². The Balaban J connectivity index is 1.41. The van der Waals surface area contributed by atoms with Gasteiger partial charge in [0.1, 0.15) is 0 Å². The lowest BCUT2D eigenvalue weighted by Crippen LogP contribution is -2.43. The molecule has 0 aromatic heterocycles. The third kappa shape index (κ3) is 7.04. The molecule has 4 rings (SSSR count). The van der Waals surface area contributed by atoms with Crippen molar-refractivity contribution in [2.75, 3.05) is 47.1 Å². The van der Waals surface area contributed by atoms with Gasteiger partial charge in [-0.05, 0) is 54.4 Å². The van der Waals surface area contributed by atoms with Crippen LogP contribution < -0.4 is 14.8 Å². The van der Waals surface area contributed by atoms with Crippen molar-refractivity contribution in [3.63, 3.8) is 0 Å². The molecule has 7 nitrogen and oxygen atoms in total. The fraction of sp³-hybridized carbons (Fsp3) is 0.452. The van der Waals surface area contributed by atoms with Crippen molar-refractivity contribution in [1.29, 1.82) is 0 Å². The van der Waals surface area contributed by atoms with Gasteiger partial charge in [0.2, 0.25) is 0 Å². The first-order valence-electron chi connectivity index (χ1n) is 13.4. The number of hydrogen-bond acceptors (Lipinski definition) is 6. The van der Waals surface area contributed by atoms with Gasteiger partial charge in [-0.3, -0.25) is 4.79 Å². The lowest BCUT2D eigenvalue weighted by Gasteiger charge is -2.31. The number of carbonyl (C=O) groups excluding carboxylic acids is 1. The Morgan fingerprint density at radius 3 is 2.55 bits per heavy atom. The maximum absolute atomic E-state index is 13.7. The zero-order chi connectivity index (χ0) is 26.9. The third-order valence-electron chi connectivity index (χ3n) is 7.03. The summed E-state index contributed by atoms with van der Waals surface area (Å²) < 4.78 is 22.8. The quantitative estimate of drug-likeness (QED) is 0.323. The van der Waals surface area contributed by atoms with Gasteiger partial charge in [0.15, 0.2) is 11.5 Å². The number of fused-ring (bicyclic) bond motifs is 1. The summed E-state index contributed by atoms with van der Waals surface area (Å²) >= 11 is 0. The molecule has 0 saturated carbocycles. The summed E-state index contributed by atoms with van der Waals surface area (Å²) in [6.45, 7) is 7.96. The molecule has 1 aliphatic heterocycles. The van der Waals surface area contributed by atoms with Crippen LogP contribution in [0.3, 0.4) is 0 Å². The smallest absolute Gasteiger partial charge is 0.254 e. The maximum Gasteiger partial charge on any atom is 0.254 e. The molecule has 1 fully saturated rings. The van der Waals surface area contributed by atoms with E-state index in [1.165, 1.54) is 10.8 Å². The summed E-state index contributed by atoms with van der Waals surface area (Å²) in [5.41, 5.74) is 1.74. The molecule has 1 aliphatic rings. The van der Waals surface area contributed by atoms with E-state index < -0.39 is 0 Å². The minimum atomic E-state index is -0.0235. The van der Waals surface area contributed by atoms with Crippen LogP contribution in [0.4, 0.5) is 0 Å². The number of ether oxygens (including phenoxy) is 4. The first-order valence-corrected chi connectivity index (χ1v) is 13.4. The van der Waals surface area contributed by atoms with E-state index in [2.05, 4.69) is 61.6 Å². The zero-order valence-corrected chi connectivity index (χ0v) is 22.9. The van der Waals surface area contributed by atoms with E-state index in [4.69, 9.17) is 18.9 Å². The minimum Gasteiger partial charge on any atom is -0.493 e. The second-order valence-corrected chi connectivity index (χ2v) is 10.1. The predicted molar refractivity (Wildman–Crippen MR) is 150 cm³/mol. The molecular formula is C31H40N2O5. The predicted octanol–water partition coefficient (Wildman–Crippen LogP) is 4.92. The molecule has 3 aromatic carbocycles. The summed E-state index contributed by atoms with van der Waals surface area (Å²) in [6, 6.07) is 20.2. The van der Waals surface area contributed by atoms with E-state index in [1.807, 2.05) is 4.90 Å². The molecule has 3 aromatic rings. The van der Waals surface area contributed by atoms with Crippen LogP contribution in [-0.2, 0) is 16.1 Å². The molecule has 0 radical (unpaired) electrons. The highest BCUT2D eigenvalue weighted by molar-refractivity contribution is 5.95. The van der Waals surface area contributed by atoms with Crippen molar-refractivity contribution < 1.29 is 23.7 Å². The number of rotatable bonds is 13.